The number of hydrogen-bond donors (Lipinski definition) is 4. The number of carbonyl (C=O) groups excluding carboxylic acids is 2. The summed E-state index contributed by atoms with van der Waals surface area (Å²) in [6.07, 6.45) is 17.1. The number of benzene rings is 1. The monoisotopic (exact) mass is 667 g/mol. The predicted molar refractivity (Wildman–Crippen MR) is 209 cm³/mol. The van der Waals surface area contributed by atoms with Crippen LogP contribution in [0.2, 0.25) is 0 Å². The van der Waals surface area contributed by atoms with Crippen molar-refractivity contribution in [3.63, 3.8) is 0 Å². The van der Waals surface area contributed by atoms with Crippen molar-refractivity contribution < 1.29 is 14.0 Å². The van der Waals surface area contributed by atoms with Crippen LogP contribution in [0.4, 0.5) is 10.1 Å². The zero-order valence-electron chi connectivity index (χ0n) is 31.9. The van der Waals surface area contributed by atoms with E-state index < -0.39 is 0 Å². The maximum absolute atomic E-state index is 13.0. The maximum Gasteiger partial charge on any atom is 0.256 e. The number of anilines is 1. The van der Waals surface area contributed by atoms with Crippen LogP contribution in [0.5, 0.6) is 0 Å². The SMILES string of the molecule is C=CC/C(=C\CN)CCNC(C)=O.CC.CC.C\C=C(/C=C\C=C\F)c1cccc2c1/C(=C/C(CC(CC)C(C)C)NC(C)C)C(=O)N2. The van der Waals surface area contributed by atoms with E-state index in [1.54, 1.807) is 6.08 Å². The molecule has 1 aromatic rings. The Balaban J connectivity index is 0. The molecule has 1 heterocycles. The second-order valence-electron chi connectivity index (χ2n) is 11.6. The molecule has 0 spiro atoms. The number of rotatable bonds is 16. The van der Waals surface area contributed by atoms with Gasteiger partial charge in [-0.1, -0.05) is 123 Å². The summed E-state index contributed by atoms with van der Waals surface area (Å²) in [6.45, 7) is 27.4. The Morgan fingerprint density at radius 1 is 1.10 bits per heavy atom. The molecule has 0 saturated heterocycles. The smallest absolute Gasteiger partial charge is 0.256 e. The molecule has 48 heavy (non-hydrogen) atoms. The summed E-state index contributed by atoms with van der Waals surface area (Å²) < 4.78 is 12.4. The Kier molecular flexibility index (Phi) is 27.6. The van der Waals surface area contributed by atoms with E-state index >= 15 is 0 Å². The summed E-state index contributed by atoms with van der Waals surface area (Å²) in [5, 5.41) is 9.41. The van der Waals surface area contributed by atoms with Gasteiger partial charge in [-0.3, -0.25) is 9.59 Å². The van der Waals surface area contributed by atoms with Crippen LogP contribution in [0.25, 0.3) is 11.1 Å². The number of hydrogen-bond acceptors (Lipinski definition) is 4. The summed E-state index contributed by atoms with van der Waals surface area (Å²) in [5.74, 6) is 1.10. The van der Waals surface area contributed by atoms with Crippen LogP contribution >= 0.6 is 0 Å². The van der Waals surface area contributed by atoms with Crippen LogP contribution in [0.15, 0.2) is 79.2 Å². The van der Waals surface area contributed by atoms with Crippen molar-refractivity contribution in [1.82, 2.24) is 10.6 Å². The van der Waals surface area contributed by atoms with Gasteiger partial charge in [0.1, 0.15) is 0 Å². The van der Waals surface area contributed by atoms with Crippen molar-refractivity contribution in [2.24, 2.45) is 17.6 Å². The molecule has 1 aliphatic heterocycles. The molecule has 6 nitrogen and oxygen atoms in total. The molecule has 270 valence electrons. The van der Waals surface area contributed by atoms with E-state index in [-0.39, 0.29) is 17.9 Å². The van der Waals surface area contributed by atoms with Crippen molar-refractivity contribution in [2.75, 3.05) is 18.4 Å². The van der Waals surface area contributed by atoms with E-state index in [0.29, 0.717) is 42.9 Å². The van der Waals surface area contributed by atoms with Gasteiger partial charge in [-0.25, -0.2) is 4.39 Å². The van der Waals surface area contributed by atoms with E-state index in [2.05, 4.69) is 63.2 Å². The first-order valence-corrected chi connectivity index (χ1v) is 17.8. The first-order valence-electron chi connectivity index (χ1n) is 17.8. The molecule has 2 unspecified atom stereocenters. The van der Waals surface area contributed by atoms with Crippen LogP contribution in [0.1, 0.15) is 113 Å². The van der Waals surface area contributed by atoms with Crippen molar-refractivity contribution in [3.8, 4) is 0 Å². The fraction of sp³-hybridized carbons (Fsp3) is 0.512. The minimum Gasteiger partial charge on any atom is -0.356 e. The van der Waals surface area contributed by atoms with Gasteiger partial charge < -0.3 is 21.7 Å². The van der Waals surface area contributed by atoms with Crippen molar-refractivity contribution in [2.45, 2.75) is 114 Å². The number of carbonyl (C=O) groups is 2. The molecule has 7 heteroatoms. The molecule has 2 atom stereocenters. The predicted octanol–water partition coefficient (Wildman–Crippen LogP) is 9.93. The summed E-state index contributed by atoms with van der Waals surface area (Å²) in [5.41, 5.74) is 11.0. The van der Waals surface area contributed by atoms with Crippen molar-refractivity contribution in [3.05, 3.63) is 90.3 Å². The van der Waals surface area contributed by atoms with Crippen LogP contribution in [-0.4, -0.2) is 37.0 Å². The first-order chi connectivity index (χ1) is 23.0. The van der Waals surface area contributed by atoms with E-state index in [1.807, 2.05) is 77.1 Å². The molecular formula is C41H67FN4O2. The highest BCUT2D eigenvalue weighted by Gasteiger charge is 2.29. The lowest BCUT2D eigenvalue weighted by Gasteiger charge is -2.26. The molecular weight excluding hydrogens is 599 g/mol. The number of halogens is 1. The fourth-order valence-corrected chi connectivity index (χ4v) is 5.28. The van der Waals surface area contributed by atoms with Crippen LogP contribution in [0, 0.1) is 11.8 Å². The second-order valence-corrected chi connectivity index (χ2v) is 11.6. The molecule has 0 bridgehead atoms. The lowest BCUT2D eigenvalue weighted by molar-refractivity contribution is -0.119. The van der Waals surface area contributed by atoms with E-state index in [9.17, 15) is 14.0 Å². The Hall–Kier alpha value is -3.55. The lowest BCUT2D eigenvalue weighted by atomic mass is 9.85. The normalized spacial score (nSPS) is 14.8. The quantitative estimate of drug-likeness (QED) is 0.0802. The van der Waals surface area contributed by atoms with Gasteiger partial charge in [0.15, 0.2) is 0 Å². The van der Waals surface area contributed by atoms with Gasteiger partial charge in [0, 0.05) is 48.9 Å². The van der Waals surface area contributed by atoms with Crippen molar-refractivity contribution in [1.29, 1.82) is 0 Å². The highest BCUT2D eigenvalue weighted by atomic mass is 19.1. The summed E-state index contributed by atoms with van der Waals surface area (Å²) in [6, 6.07) is 6.30. The molecule has 0 fully saturated rings. The van der Waals surface area contributed by atoms with E-state index in [1.165, 1.54) is 18.6 Å². The molecule has 0 aliphatic carbocycles. The van der Waals surface area contributed by atoms with Gasteiger partial charge in [0.25, 0.3) is 5.91 Å². The summed E-state index contributed by atoms with van der Waals surface area (Å²) in [4.78, 5) is 23.5. The zero-order chi connectivity index (χ0) is 37.1. The fourth-order valence-electron chi connectivity index (χ4n) is 5.28. The molecule has 2 rings (SSSR count). The standard InChI is InChI=1S/C27H37FN2O.C10H18N2O.2C2H6/c1-7-20(12-9-10-15-28)23-13-11-14-25-26(23)24(27(31)30-25)17-22(29-19(5)6)16-21(8-2)18(3)4;1-3-4-10(5-7-11)6-8-12-9(2)13;2*1-2/h7,9-15,17-19,21-22,29H,8,16H2,1-6H3,(H,30,31);3,5H,1,4,6-8,11H2,2H3,(H,12,13);2*1-2H3/b12-9-,15-10+,20-7+,24-17-;10-5+;;. The van der Waals surface area contributed by atoms with Crippen LogP contribution in [0.3, 0.4) is 0 Å². The lowest BCUT2D eigenvalue weighted by Crippen LogP contribution is -2.36. The molecule has 0 saturated carbocycles. The second kappa shape index (κ2) is 28.5. The molecule has 5 N–H and O–H groups in total. The third kappa shape index (κ3) is 18.1. The Bertz CT molecular complexity index is 1220. The molecule has 0 radical (unpaired) electrons. The van der Waals surface area contributed by atoms with Gasteiger partial charge in [-0.15, -0.1) is 6.58 Å². The first kappa shape index (κ1) is 46.6. The zero-order valence-corrected chi connectivity index (χ0v) is 31.9. The van der Waals surface area contributed by atoms with Gasteiger partial charge in [0.05, 0.1) is 6.33 Å². The Morgan fingerprint density at radius 2 is 1.77 bits per heavy atom. The van der Waals surface area contributed by atoms with Gasteiger partial charge in [0.2, 0.25) is 5.91 Å². The number of nitrogens with one attached hydrogen (secondary N) is 3. The van der Waals surface area contributed by atoms with Gasteiger partial charge >= 0.3 is 0 Å². The molecule has 1 aromatic carbocycles. The summed E-state index contributed by atoms with van der Waals surface area (Å²) in [7, 11) is 0. The van der Waals surface area contributed by atoms with Crippen molar-refractivity contribution >= 4 is 28.6 Å². The molecule has 1 aliphatic rings. The highest BCUT2D eigenvalue weighted by Crippen LogP contribution is 2.38. The number of amides is 2. The van der Waals surface area contributed by atoms with E-state index in [0.717, 1.165) is 48.1 Å². The minimum atomic E-state index is -0.0707. The van der Waals surface area contributed by atoms with Crippen LogP contribution < -0.4 is 21.7 Å². The number of allylic oxidation sites excluding steroid dienone is 6. The van der Waals surface area contributed by atoms with Crippen LogP contribution in [-0.2, 0) is 9.59 Å². The average molecular weight is 667 g/mol. The van der Waals surface area contributed by atoms with Gasteiger partial charge in [-0.2, -0.15) is 0 Å². The summed E-state index contributed by atoms with van der Waals surface area (Å²) >= 11 is 0. The number of fused-ring (bicyclic) bond motifs is 1. The third-order valence-electron chi connectivity index (χ3n) is 7.48. The third-order valence-corrected chi connectivity index (χ3v) is 7.48. The largest absolute Gasteiger partial charge is 0.356 e. The molecule has 2 amide bonds. The Labute approximate surface area is 293 Å². The average Bonchev–Trinajstić information content (AvgIpc) is 3.38. The topological polar surface area (TPSA) is 96.2 Å². The Morgan fingerprint density at radius 3 is 2.27 bits per heavy atom. The number of nitrogens with two attached hydrogens (primary N) is 1. The minimum absolute atomic E-state index is 0.00528. The van der Waals surface area contributed by atoms with E-state index in [4.69, 9.17) is 5.73 Å². The highest BCUT2D eigenvalue weighted by molar-refractivity contribution is 6.32. The maximum atomic E-state index is 13.0. The molecule has 0 aromatic heterocycles. The van der Waals surface area contributed by atoms with Gasteiger partial charge in [-0.05, 0) is 61.3 Å².